The van der Waals surface area contributed by atoms with Gasteiger partial charge in [-0.05, 0) is 29.8 Å². The first-order valence-electron chi connectivity index (χ1n) is 9.07. The van der Waals surface area contributed by atoms with Crippen LogP contribution in [0.1, 0.15) is 16.1 Å². The van der Waals surface area contributed by atoms with Gasteiger partial charge in [-0.1, -0.05) is 60.2 Å². The highest BCUT2D eigenvalue weighted by Crippen LogP contribution is 2.24. The van der Waals surface area contributed by atoms with Crippen LogP contribution in [0, 0.1) is 6.92 Å². The van der Waals surface area contributed by atoms with E-state index in [1.54, 1.807) is 5.38 Å². The third kappa shape index (κ3) is 4.50. The van der Waals surface area contributed by atoms with Crippen LogP contribution in [0.3, 0.4) is 0 Å². The Bertz CT molecular complexity index is 1180. The van der Waals surface area contributed by atoms with E-state index in [1.165, 1.54) is 11.3 Å². The number of amides is 1. The van der Waals surface area contributed by atoms with Gasteiger partial charge in [0.05, 0.1) is 0 Å². The fourth-order valence-electron chi connectivity index (χ4n) is 2.87. The number of aromatic nitrogens is 1. The summed E-state index contributed by atoms with van der Waals surface area (Å²) in [5, 5.41) is 7.22. The lowest BCUT2D eigenvalue weighted by Crippen LogP contribution is -2.21. The Morgan fingerprint density at radius 3 is 2.55 bits per heavy atom. The van der Waals surface area contributed by atoms with Crippen molar-refractivity contribution in [2.45, 2.75) is 6.92 Å². The van der Waals surface area contributed by atoms with Gasteiger partial charge in [0, 0.05) is 16.6 Å². The van der Waals surface area contributed by atoms with Gasteiger partial charge in [-0.3, -0.25) is 4.79 Å². The van der Waals surface area contributed by atoms with Crippen molar-refractivity contribution < 1.29 is 14.3 Å². The Balaban J connectivity index is 1.35. The number of benzene rings is 3. The molecule has 5 nitrogen and oxygen atoms in total. The molecular formula is C23H18N2O3S. The Kier molecular flexibility index (Phi) is 5.35. The SMILES string of the molecule is Cc1ccc(-c2nc(C(=O)OCC(=O)Nc3ccc4ccccc4c3)cs2)cc1. The molecule has 29 heavy (non-hydrogen) atoms. The quantitative estimate of drug-likeness (QED) is 0.474. The van der Waals surface area contributed by atoms with E-state index in [0.29, 0.717) is 5.69 Å². The van der Waals surface area contributed by atoms with Crippen molar-refractivity contribution in [2.24, 2.45) is 0 Å². The molecule has 0 saturated carbocycles. The lowest BCUT2D eigenvalue weighted by molar-refractivity contribution is -0.119. The summed E-state index contributed by atoms with van der Waals surface area (Å²) in [7, 11) is 0. The zero-order valence-corrected chi connectivity index (χ0v) is 16.5. The smallest absolute Gasteiger partial charge is 0.358 e. The number of carbonyl (C=O) groups is 2. The van der Waals surface area contributed by atoms with E-state index in [0.717, 1.165) is 26.9 Å². The van der Waals surface area contributed by atoms with Crippen molar-refractivity contribution in [3.63, 3.8) is 0 Å². The van der Waals surface area contributed by atoms with E-state index in [4.69, 9.17) is 4.74 Å². The summed E-state index contributed by atoms with van der Waals surface area (Å²) in [6, 6.07) is 21.4. The van der Waals surface area contributed by atoms with Crippen LogP contribution in [0.15, 0.2) is 72.1 Å². The molecule has 0 bridgehead atoms. The van der Waals surface area contributed by atoms with Crippen LogP contribution >= 0.6 is 11.3 Å². The second kappa shape index (κ2) is 8.24. The van der Waals surface area contributed by atoms with Gasteiger partial charge in [0.1, 0.15) is 5.01 Å². The number of aryl methyl sites for hydroxylation is 1. The number of hydrogen-bond acceptors (Lipinski definition) is 5. The molecule has 0 radical (unpaired) electrons. The topological polar surface area (TPSA) is 68.3 Å². The normalized spacial score (nSPS) is 10.7. The van der Waals surface area contributed by atoms with Crippen molar-refractivity contribution in [3.8, 4) is 10.6 Å². The molecule has 1 heterocycles. The molecule has 4 aromatic rings. The summed E-state index contributed by atoms with van der Waals surface area (Å²) >= 11 is 1.36. The van der Waals surface area contributed by atoms with Gasteiger partial charge in [-0.25, -0.2) is 9.78 Å². The van der Waals surface area contributed by atoms with Crippen molar-refractivity contribution in [1.29, 1.82) is 0 Å². The third-order valence-corrected chi connectivity index (χ3v) is 5.27. The van der Waals surface area contributed by atoms with Gasteiger partial charge in [0.25, 0.3) is 5.91 Å². The summed E-state index contributed by atoms with van der Waals surface area (Å²) in [5.41, 5.74) is 2.94. The van der Waals surface area contributed by atoms with Crippen LogP contribution in [-0.2, 0) is 9.53 Å². The van der Waals surface area contributed by atoms with Gasteiger partial charge >= 0.3 is 5.97 Å². The second-order valence-corrected chi connectivity index (χ2v) is 7.45. The number of nitrogens with one attached hydrogen (secondary N) is 1. The molecule has 1 aromatic heterocycles. The highest BCUT2D eigenvalue weighted by Gasteiger charge is 2.15. The summed E-state index contributed by atoms with van der Waals surface area (Å²) in [5.74, 6) is -1.02. The molecule has 144 valence electrons. The number of nitrogens with zero attached hydrogens (tertiary/aromatic N) is 1. The van der Waals surface area contributed by atoms with Crippen molar-refractivity contribution in [3.05, 3.63) is 83.4 Å². The van der Waals surface area contributed by atoms with Crippen molar-refractivity contribution in [1.82, 2.24) is 4.98 Å². The van der Waals surface area contributed by atoms with Crippen molar-refractivity contribution >= 4 is 39.7 Å². The zero-order chi connectivity index (χ0) is 20.2. The molecule has 0 atom stereocenters. The van der Waals surface area contributed by atoms with E-state index in [9.17, 15) is 9.59 Å². The second-order valence-electron chi connectivity index (χ2n) is 6.59. The van der Waals surface area contributed by atoms with E-state index in [1.807, 2.05) is 73.7 Å². The molecule has 1 N–H and O–H groups in total. The van der Waals surface area contributed by atoms with E-state index in [2.05, 4.69) is 10.3 Å². The number of anilines is 1. The van der Waals surface area contributed by atoms with Crippen molar-refractivity contribution in [2.75, 3.05) is 11.9 Å². The van der Waals surface area contributed by atoms with Gasteiger partial charge in [0.15, 0.2) is 12.3 Å². The summed E-state index contributed by atoms with van der Waals surface area (Å²) in [4.78, 5) is 28.7. The summed E-state index contributed by atoms with van der Waals surface area (Å²) in [6.07, 6.45) is 0. The number of hydrogen-bond donors (Lipinski definition) is 1. The fourth-order valence-corrected chi connectivity index (χ4v) is 3.66. The minimum absolute atomic E-state index is 0.198. The monoisotopic (exact) mass is 402 g/mol. The Labute approximate surface area is 172 Å². The van der Waals surface area contributed by atoms with Crippen LogP contribution in [-0.4, -0.2) is 23.5 Å². The third-order valence-electron chi connectivity index (χ3n) is 4.38. The van der Waals surface area contributed by atoms with E-state index in [-0.39, 0.29) is 12.3 Å². The van der Waals surface area contributed by atoms with Gasteiger partial charge in [-0.15, -0.1) is 11.3 Å². The molecule has 0 aliphatic heterocycles. The molecule has 0 fully saturated rings. The Hall–Kier alpha value is -3.51. The van der Waals surface area contributed by atoms with Crippen LogP contribution in [0.4, 0.5) is 5.69 Å². The number of rotatable bonds is 5. The highest BCUT2D eigenvalue weighted by molar-refractivity contribution is 7.13. The number of fused-ring (bicyclic) bond motifs is 1. The lowest BCUT2D eigenvalue weighted by Gasteiger charge is -2.07. The zero-order valence-electron chi connectivity index (χ0n) is 15.7. The predicted molar refractivity (Wildman–Crippen MR) is 115 cm³/mol. The average Bonchev–Trinajstić information content (AvgIpc) is 3.23. The summed E-state index contributed by atoms with van der Waals surface area (Å²) in [6.45, 7) is 1.64. The first-order chi connectivity index (χ1) is 14.1. The Morgan fingerprint density at radius 2 is 1.76 bits per heavy atom. The first kappa shape index (κ1) is 18.8. The standard InChI is InChI=1S/C23H18N2O3S/c1-15-6-8-17(9-7-15)22-25-20(14-29-22)23(27)28-13-21(26)24-19-11-10-16-4-2-3-5-18(16)12-19/h2-12,14H,13H2,1H3,(H,24,26). The molecule has 0 spiro atoms. The fraction of sp³-hybridized carbons (Fsp3) is 0.0870. The minimum atomic E-state index is -0.617. The predicted octanol–water partition coefficient (Wildman–Crippen LogP) is 5.07. The lowest BCUT2D eigenvalue weighted by atomic mass is 10.1. The first-order valence-corrected chi connectivity index (χ1v) is 9.95. The number of carbonyl (C=O) groups excluding carboxylic acids is 2. The minimum Gasteiger partial charge on any atom is -0.451 e. The number of esters is 1. The van der Waals surface area contributed by atoms with Gasteiger partial charge in [0.2, 0.25) is 0 Å². The average molecular weight is 402 g/mol. The summed E-state index contributed by atoms with van der Waals surface area (Å²) < 4.78 is 5.11. The molecular weight excluding hydrogens is 384 g/mol. The van der Waals surface area contributed by atoms with Gasteiger partial charge < -0.3 is 10.1 Å². The molecule has 4 rings (SSSR count). The molecule has 0 saturated heterocycles. The molecule has 1 amide bonds. The molecule has 0 aliphatic carbocycles. The van der Waals surface area contributed by atoms with Crippen LogP contribution in [0.5, 0.6) is 0 Å². The molecule has 0 aliphatic rings. The van der Waals surface area contributed by atoms with Crippen LogP contribution in [0.2, 0.25) is 0 Å². The molecule has 3 aromatic carbocycles. The number of ether oxygens (including phenoxy) is 1. The largest absolute Gasteiger partial charge is 0.451 e. The number of thiazole rings is 1. The maximum absolute atomic E-state index is 12.2. The van der Waals surface area contributed by atoms with E-state index >= 15 is 0 Å². The molecule has 0 unspecified atom stereocenters. The highest BCUT2D eigenvalue weighted by atomic mass is 32.1. The molecule has 6 heteroatoms. The maximum atomic E-state index is 12.2. The van der Waals surface area contributed by atoms with Gasteiger partial charge in [-0.2, -0.15) is 0 Å². The Morgan fingerprint density at radius 1 is 1.00 bits per heavy atom. The maximum Gasteiger partial charge on any atom is 0.358 e. The van der Waals surface area contributed by atoms with Crippen LogP contribution < -0.4 is 5.32 Å². The van der Waals surface area contributed by atoms with E-state index < -0.39 is 11.9 Å². The van der Waals surface area contributed by atoms with Crippen LogP contribution in [0.25, 0.3) is 21.3 Å².